The number of nitrogens with one attached hydrogen (secondary N) is 1. The highest BCUT2D eigenvalue weighted by atomic mass is 16.2. The van der Waals surface area contributed by atoms with Crippen LogP contribution in [0.4, 0.5) is 0 Å². The number of hydrogen-bond donors (Lipinski definition) is 2. The lowest BCUT2D eigenvalue weighted by Crippen LogP contribution is -2.64. The molecule has 1 aliphatic carbocycles. The second-order valence-corrected chi connectivity index (χ2v) is 5.13. The number of nitrogens with two attached hydrogens (primary N) is 1. The number of likely N-dealkylation sites (N-methyl/N-ethyl adjacent to an activating group) is 1. The maximum absolute atomic E-state index is 12.4. The van der Waals surface area contributed by atoms with Gasteiger partial charge in [-0.2, -0.15) is 0 Å². The fourth-order valence-electron chi connectivity index (χ4n) is 2.67. The van der Waals surface area contributed by atoms with Gasteiger partial charge in [0.15, 0.2) is 0 Å². The first kappa shape index (κ1) is 12.4. The molecule has 0 radical (unpaired) electrons. The first-order chi connectivity index (χ1) is 8.08. The topological polar surface area (TPSA) is 75.4 Å². The number of amides is 2. The fourth-order valence-corrected chi connectivity index (χ4v) is 2.67. The number of carbonyl (C=O) groups is 2. The molecule has 1 saturated heterocycles. The molecule has 1 unspecified atom stereocenters. The summed E-state index contributed by atoms with van der Waals surface area (Å²) in [5.41, 5.74) is 5.37. The third-order valence-electron chi connectivity index (χ3n) is 3.98. The molecule has 2 fully saturated rings. The summed E-state index contributed by atoms with van der Waals surface area (Å²) in [6, 6.07) is -0.317. The predicted molar refractivity (Wildman–Crippen MR) is 64.2 cm³/mol. The van der Waals surface area contributed by atoms with Gasteiger partial charge in [-0.1, -0.05) is 0 Å². The Morgan fingerprint density at radius 2 is 2.00 bits per heavy atom. The molecule has 1 saturated carbocycles. The Bertz CT molecular complexity index is 326. The average molecular weight is 239 g/mol. The molecule has 5 heteroatoms. The van der Waals surface area contributed by atoms with Gasteiger partial charge in [-0.3, -0.25) is 9.59 Å². The van der Waals surface area contributed by atoms with Crippen molar-refractivity contribution in [2.24, 2.45) is 5.73 Å². The number of hydrogen-bond acceptors (Lipinski definition) is 3. The summed E-state index contributed by atoms with van der Waals surface area (Å²) in [6.07, 6.45) is 5.24. The van der Waals surface area contributed by atoms with Crippen LogP contribution in [0.2, 0.25) is 0 Å². The quantitative estimate of drug-likeness (QED) is 0.712. The van der Waals surface area contributed by atoms with Crippen molar-refractivity contribution in [3.05, 3.63) is 0 Å². The van der Waals surface area contributed by atoms with Gasteiger partial charge in [-0.05, 0) is 38.5 Å². The van der Waals surface area contributed by atoms with E-state index >= 15 is 0 Å². The van der Waals surface area contributed by atoms with Gasteiger partial charge in [0.2, 0.25) is 11.8 Å². The maximum Gasteiger partial charge on any atom is 0.243 e. The highest BCUT2D eigenvalue weighted by Gasteiger charge is 2.45. The summed E-state index contributed by atoms with van der Waals surface area (Å²) in [5, 5.41) is 2.63. The lowest BCUT2D eigenvalue weighted by Gasteiger charge is -2.44. The van der Waals surface area contributed by atoms with Crippen LogP contribution in [0.25, 0.3) is 0 Å². The Morgan fingerprint density at radius 1 is 1.29 bits per heavy atom. The van der Waals surface area contributed by atoms with E-state index in [0.717, 1.165) is 38.5 Å². The summed E-state index contributed by atoms with van der Waals surface area (Å²) in [7, 11) is 1.61. The van der Waals surface area contributed by atoms with Crippen molar-refractivity contribution in [3.63, 3.8) is 0 Å². The zero-order valence-corrected chi connectivity index (χ0v) is 10.4. The van der Waals surface area contributed by atoms with Crippen molar-refractivity contribution in [3.8, 4) is 0 Å². The molecule has 96 valence electrons. The molecule has 0 aromatic heterocycles. The first-order valence-electron chi connectivity index (χ1n) is 6.40. The lowest BCUT2D eigenvalue weighted by molar-refractivity contribution is -0.148. The molecule has 2 aliphatic rings. The third-order valence-corrected chi connectivity index (χ3v) is 3.98. The Kier molecular flexibility index (Phi) is 3.38. The van der Waals surface area contributed by atoms with Gasteiger partial charge in [-0.25, -0.2) is 0 Å². The monoisotopic (exact) mass is 239 g/mol. The van der Waals surface area contributed by atoms with E-state index in [1.165, 1.54) is 0 Å². The Labute approximate surface area is 102 Å². The van der Waals surface area contributed by atoms with Crippen LogP contribution >= 0.6 is 0 Å². The van der Waals surface area contributed by atoms with Gasteiger partial charge in [0.1, 0.15) is 6.04 Å². The molecule has 1 aliphatic heterocycles. The van der Waals surface area contributed by atoms with Crippen molar-refractivity contribution in [2.45, 2.75) is 50.1 Å². The number of rotatable bonds is 2. The van der Waals surface area contributed by atoms with Gasteiger partial charge < -0.3 is 16.0 Å². The van der Waals surface area contributed by atoms with Crippen LogP contribution in [0.5, 0.6) is 0 Å². The summed E-state index contributed by atoms with van der Waals surface area (Å²) in [5.74, 6) is -0.0991. The Balaban J connectivity index is 2.10. The maximum atomic E-state index is 12.4. The lowest BCUT2D eigenvalue weighted by atomic mass is 9.76. The van der Waals surface area contributed by atoms with Gasteiger partial charge in [0.05, 0.1) is 5.54 Å². The Morgan fingerprint density at radius 3 is 2.53 bits per heavy atom. The molecule has 17 heavy (non-hydrogen) atoms. The first-order valence-corrected chi connectivity index (χ1v) is 6.40. The average Bonchev–Trinajstić information content (AvgIpc) is 2.34. The van der Waals surface area contributed by atoms with Gasteiger partial charge in [-0.15, -0.1) is 0 Å². The van der Waals surface area contributed by atoms with Crippen LogP contribution in [-0.2, 0) is 9.59 Å². The van der Waals surface area contributed by atoms with E-state index in [1.54, 1.807) is 11.9 Å². The molecular formula is C12H21N3O2. The van der Waals surface area contributed by atoms with Crippen LogP contribution in [-0.4, -0.2) is 41.9 Å². The predicted octanol–water partition coefficient (Wildman–Crippen LogP) is -0.00510. The van der Waals surface area contributed by atoms with E-state index in [9.17, 15) is 9.59 Å². The minimum absolute atomic E-state index is 0.0305. The SMILES string of the molecule is CNC(=O)C1CCCCN1C(=O)C1(N)CCC1. The highest BCUT2D eigenvalue weighted by Crippen LogP contribution is 2.33. The number of carbonyl (C=O) groups excluding carboxylic acids is 2. The van der Waals surface area contributed by atoms with Gasteiger partial charge in [0, 0.05) is 13.6 Å². The van der Waals surface area contributed by atoms with Crippen molar-refractivity contribution >= 4 is 11.8 Å². The molecule has 1 atom stereocenters. The van der Waals surface area contributed by atoms with Crippen molar-refractivity contribution < 1.29 is 9.59 Å². The summed E-state index contributed by atoms with van der Waals surface area (Å²) in [4.78, 5) is 25.8. The highest BCUT2D eigenvalue weighted by molar-refractivity contribution is 5.92. The molecule has 2 amide bonds. The van der Waals surface area contributed by atoms with E-state index in [-0.39, 0.29) is 17.9 Å². The van der Waals surface area contributed by atoms with Crippen molar-refractivity contribution in [2.75, 3.05) is 13.6 Å². The standard InChI is InChI=1S/C12H21N3O2/c1-14-10(16)9-5-2-3-8-15(9)11(17)12(13)6-4-7-12/h9H,2-8,13H2,1H3,(H,14,16). The van der Waals surface area contributed by atoms with Crippen LogP contribution < -0.4 is 11.1 Å². The van der Waals surface area contributed by atoms with Crippen molar-refractivity contribution in [1.29, 1.82) is 0 Å². The Hall–Kier alpha value is -1.10. The van der Waals surface area contributed by atoms with E-state index in [4.69, 9.17) is 5.73 Å². The summed E-state index contributed by atoms with van der Waals surface area (Å²) >= 11 is 0. The summed E-state index contributed by atoms with van der Waals surface area (Å²) in [6.45, 7) is 0.663. The fraction of sp³-hybridized carbons (Fsp3) is 0.833. The zero-order chi connectivity index (χ0) is 12.5. The second kappa shape index (κ2) is 4.64. The van der Waals surface area contributed by atoms with E-state index < -0.39 is 5.54 Å². The van der Waals surface area contributed by atoms with Crippen molar-refractivity contribution in [1.82, 2.24) is 10.2 Å². The van der Waals surface area contributed by atoms with E-state index in [0.29, 0.717) is 6.54 Å². The molecule has 0 bridgehead atoms. The molecule has 1 heterocycles. The third kappa shape index (κ3) is 2.16. The van der Waals surface area contributed by atoms with Gasteiger partial charge in [0.25, 0.3) is 0 Å². The van der Waals surface area contributed by atoms with Gasteiger partial charge >= 0.3 is 0 Å². The normalized spacial score (nSPS) is 27.2. The van der Waals surface area contributed by atoms with E-state index in [1.807, 2.05) is 0 Å². The van der Waals surface area contributed by atoms with Crippen LogP contribution in [0.3, 0.4) is 0 Å². The molecule has 2 rings (SSSR count). The molecule has 5 nitrogen and oxygen atoms in total. The summed E-state index contributed by atoms with van der Waals surface area (Å²) < 4.78 is 0. The minimum atomic E-state index is -0.691. The smallest absolute Gasteiger partial charge is 0.243 e. The van der Waals surface area contributed by atoms with E-state index in [2.05, 4.69) is 5.32 Å². The molecule has 0 aromatic rings. The zero-order valence-electron chi connectivity index (χ0n) is 10.4. The number of likely N-dealkylation sites (tertiary alicyclic amines) is 1. The molecule has 0 aromatic carbocycles. The number of piperidine rings is 1. The largest absolute Gasteiger partial charge is 0.357 e. The molecule has 0 spiro atoms. The number of nitrogens with zero attached hydrogens (tertiary/aromatic N) is 1. The van der Waals surface area contributed by atoms with Crippen LogP contribution in [0.15, 0.2) is 0 Å². The minimum Gasteiger partial charge on any atom is -0.357 e. The molecule has 3 N–H and O–H groups in total. The molecular weight excluding hydrogens is 218 g/mol. The second-order valence-electron chi connectivity index (χ2n) is 5.13. The van der Waals surface area contributed by atoms with Crippen LogP contribution in [0, 0.1) is 0 Å². The van der Waals surface area contributed by atoms with Crippen LogP contribution in [0.1, 0.15) is 38.5 Å².